The van der Waals surface area contributed by atoms with Gasteiger partial charge in [-0.2, -0.15) is 0 Å². The normalized spacial score (nSPS) is 23.8. The highest BCUT2D eigenvalue weighted by Gasteiger charge is 2.50. The lowest BCUT2D eigenvalue weighted by molar-refractivity contribution is -0.372. The molecule has 77 heavy (non-hydrogen) atoms. The predicted octanol–water partition coefficient (Wildman–Crippen LogP) is 13.3. The zero-order valence-corrected chi connectivity index (χ0v) is 50.2. The van der Waals surface area contributed by atoms with Gasteiger partial charge in [0.05, 0.1) is 0 Å². The van der Waals surface area contributed by atoms with E-state index in [0.717, 1.165) is 103 Å². The topological polar surface area (TPSA) is 207 Å². The monoisotopic (exact) mass is 1100 g/mol. The first-order valence-corrected chi connectivity index (χ1v) is 33.1. The average Bonchev–Trinajstić information content (AvgIpc) is 3.44. The van der Waals surface area contributed by atoms with E-state index in [1.165, 1.54) is 180 Å². The van der Waals surface area contributed by atoms with E-state index in [1.54, 1.807) is 0 Å². The Morgan fingerprint density at radius 2 is 0.532 bits per heavy atom. The Balaban J connectivity index is 2.00. The predicted molar refractivity (Wildman–Crippen MR) is 313 cm³/mol. The van der Waals surface area contributed by atoms with Gasteiger partial charge >= 0.3 is 0 Å². The van der Waals surface area contributed by atoms with Crippen LogP contribution < -0.4 is 10.6 Å². The van der Waals surface area contributed by atoms with Crippen LogP contribution in [0.1, 0.15) is 310 Å². The van der Waals surface area contributed by atoms with Crippen LogP contribution in [0.2, 0.25) is 0 Å². The standard InChI is InChI=1S/C64H124N2O11/c1-5-9-13-17-21-25-29-33-37-41-45-51(46-42-38-34-30-26-22-18-14-10-6-2)61(73)65-49-53-55(67)57(69)59(71)63(75-53)77-64-60(72)58(70)56(68)54(76-64)50-66-62(74)52(47-43-39-35-31-27-23-19-15-11-7-3)48-44-40-36-32-28-24-20-16-12-8-4/h51-60,63-64,67-72H,5-50H2,1-4H3,(H,65,73)(H,66,74)/t53-,54?,55-,56-,57+,58+,59-,60-,63-,64-/m1/s1. The average molecular weight is 1100 g/mol. The molecular weight excluding hydrogens is 973 g/mol. The van der Waals surface area contributed by atoms with Crippen LogP contribution >= 0.6 is 0 Å². The molecule has 2 aliphatic heterocycles. The quantitative estimate of drug-likeness (QED) is 0.0269. The Morgan fingerprint density at radius 1 is 0.325 bits per heavy atom. The maximum atomic E-state index is 13.9. The van der Waals surface area contributed by atoms with Gasteiger partial charge in [-0.1, -0.05) is 285 Å². The summed E-state index contributed by atoms with van der Waals surface area (Å²) in [6, 6.07) is 0. The third kappa shape index (κ3) is 33.3. The second-order valence-electron chi connectivity index (χ2n) is 23.9. The lowest BCUT2D eigenvalue weighted by Gasteiger charge is -2.45. The van der Waals surface area contributed by atoms with Gasteiger partial charge in [-0.15, -0.1) is 0 Å². The summed E-state index contributed by atoms with van der Waals surface area (Å²) < 4.78 is 17.9. The van der Waals surface area contributed by atoms with Gasteiger partial charge in [0.25, 0.3) is 0 Å². The highest BCUT2D eigenvalue weighted by Crippen LogP contribution is 2.30. The van der Waals surface area contributed by atoms with Gasteiger partial charge in [0.15, 0.2) is 12.6 Å². The van der Waals surface area contributed by atoms with Gasteiger partial charge in [0.1, 0.15) is 48.8 Å². The van der Waals surface area contributed by atoms with Crippen molar-refractivity contribution in [2.24, 2.45) is 11.8 Å². The number of hydrogen-bond donors (Lipinski definition) is 8. The van der Waals surface area contributed by atoms with Crippen LogP contribution in [0.4, 0.5) is 0 Å². The zero-order chi connectivity index (χ0) is 56.1. The van der Waals surface area contributed by atoms with Crippen LogP contribution in [-0.4, -0.2) is 117 Å². The van der Waals surface area contributed by atoms with Gasteiger partial charge in [-0.05, 0) is 25.7 Å². The van der Waals surface area contributed by atoms with Crippen molar-refractivity contribution in [1.82, 2.24) is 10.6 Å². The number of carbonyl (C=O) groups is 2. The molecule has 0 aromatic heterocycles. The van der Waals surface area contributed by atoms with Crippen LogP contribution in [0.25, 0.3) is 0 Å². The number of unbranched alkanes of at least 4 members (excludes halogenated alkanes) is 36. The minimum atomic E-state index is -1.77. The van der Waals surface area contributed by atoms with E-state index >= 15 is 0 Å². The number of ether oxygens (including phenoxy) is 3. The van der Waals surface area contributed by atoms with E-state index in [9.17, 15) is 40.2 Å². The van der Waals surface area contributed by atoms with Gasteiger partial charge in [0, 0.05) is 24.9 Å². The number of aliphatic hydroxyl groups is 6. The third-order valence-corrected chi connectivity index (χ3v) is 16.9. The highest BCUT2D eigenvalue weighted by molar-refractivity contribution is 5.79. The Bertz CT molecular complexity index is 1220. The lowest BCUT2D eigenvalue weighted by Crippen LogP contribution is -2.65. The van der Waals surface area contributed by atoms with Crippen molar-refractivity contribution < 1.29 is 54.4 Å². The molecule has 0 aliphatic carbocycles. The summed E-state index contributed by atoms with van der Waals surface area (Å²) in [5.74, 6) is -0.666. The first kappa shape index (κ1) is 71.7. The summed E-state index contributed by atoms with van der Waals surface area (Å²) in [5.41, 5.74) is 0. The largest absolute Gasteiger partial charge is 0.388 e. The van der Waals surface area contributed by atoms with Gasteiger partial charge in [-0.3, -0.25) is 9.59 Å². The molecule has 2 saturated heterocycles. The van der Waals surface area contributed by atoms with Crippen molar-refractivity contribution in [2.45, 2.75) is 372 Å². The number of carbonyl (C=O) groups excluding carboxylic acids is 2. The van der Waals surface area contributed by atoms with Crippen LogP contribution in [0.5, 0.6) is 0 Å². The molecule has 2 rings (SSSR count). The van der Waals surface area contributed by atoms with E-state index in [2.05, 4.69) is 38.3 Å². The van der Waals surface area contributed by atoms with Crippen LogP contribution in [-0.2, 0) is 23.8 Å². The SMILES string of the molecule is CCCCCCCCCCCCC(CCCCCCCCCCCC)C(=O)NCC1O[C@H](O[C@H]2O[C@H](CNC(=O)C(CCCCCCCCCCCC)CCCCCCCCCCCC)[C@@H](O)[C@H](O)[C@H]2O)[C@H](O)[C@@H](O)[C@@H]1O. The van der Waals surface area contributed by atoms with Gasteiger partial charge in [-0.25, -0.2) is 0 Å². The van der Waals surface area contributed by atoms with Crippen LogP contribution in [0, 0.1) is 11.8 Å². The summed E-state index contributed by atoms with van der Waals surface area (Å²) in [4.78, 5) is 27.7. The van der Waals surface area contributed by atoms with E-state index in [-0.39, 0.29) is 36.7 Å². The maximum Gasteiger partial charge on any atom is 0.223 e. The Kier molecular flexibility index (Phi) is 44.8. The fraction of sp³-hybridized carbons (Fsp3) is 0.969. The molecule has 0 aromatic carbocycles. The highest BCUT2D eigenvalue weighted by atomic mass is 16.8. The minimum Gasteiger partial charge on any atom is -0.388 e. The van der Waals surface area contributed by atoms with E-state index in [0.29, 0.717) is 0 Å². The van der Waals surface area contributed by atoms with Crippen LogP contribution in [0.15, 0.2) is 0 Å². The first-order chi connectivity index (χ1) is 37.5. The molecule has 0 bridgehead atoms. The Labute approximate surface area is 471 Å². The minimum absolute atomic E-state index is 0.131. The third-order valence-electron chi connectivity index (χ3n) is 16.9. The van der Waals surface area contributed by atoms with Gasteiger partial charge in [0.2, 0.25) is 11.8 Å². The van der Waals surface area contributed by atoms with Gasteiger partial charge < -0.3 is 55.5 Å². The number of aliphatic hydroxyl groups excluding tert-OH is 6. The summed E-state index contributed by atoms with van der Waals surface area (Å²) in [6.07, 6.45) is 36.0. The van der Waals surface area contributed by atoms with Crippen molar-refractivity contribution in [3.63, 3.8) is 0 Å². The number of rotatable bonds is 52. The summed E-state index contributed by atoms with van der Waals surface area (Å²) in [6.45, 7) is 8.66. The fourth-order valence-corrected chi connectivity index (χ4v) is 11.5. The van der Waals surface area contributed by atoms with Crippen molar-refractivity contribution in [3.05, 3.63) is 0 Å². The zero-order valence-electron chi connectivity index (χ0n) is 50.2. The summed E-state index contributed by atoms with van der Waals surface area (Å²) >= 11 is 0. The van der Waals surface area contributed by atoms with Crippen molar-refractivity contribution >= 4 is 11.8 Å². The summed E-state index contributed by atoms with van der Waals surface area (Å²) in [5, 5.41) is 72.2. The lowest BCUT2D eigenvalue weighted by atomic mass is 9.92. The molecule has 0 aromatic rings. The second-order valence-corrected chi connectivity index (χ2v) is 23.9. The number of nitrogens with one attached hydrogen (secondary N) is 2. The first-order valence-electron chi connectivity index (χ1n) is 33.1. The van der Waals surface area contributed by atoms with Crippen LogP contribution in [0.3, 0.4) is 0 Å². The molecule has 13 heteroatoms. The molecule has 2 fully saturated rings. The molecule has 2 heterocycles. The molecule has 456 valence electrons. The van der Waals surface area contributed by atoms with E-state index in [4.69, 9.17) is 14.2 Å². The smallest absolute Gasteiger partial charge is 0.223 e. The molecule has 13 nitrogen and oxygen atoms in total. The Hall–Kier alpha value is -1.42. The molecular formula is C64H124N2O11. The molecule has 0 radical (unpaired) electrons. The number of hydrogen-bond acceptors (Lipinski definition) is 11. The van der Waals surface area contributed by atoms with E-state index in [1.807, 2.05) is 0 Å². The fourth-order valence-electron chi connectivity index (χ4n) is 11.5. The second kappa shape index (κ2) is 48.1. The van der Waals surface area contributed by atoms with Crippen molar-refractivity contribution in [2.75, 3.05) is 13.1 Å². The van der Waals surface area contributed by atoms with E-state index < -0.39 is 61.4 Å². The molecule has 2 aliphatic rings. The molecule has 8 N–H and O–H groups in total. The maximum absolute atomic E-state index is 13.9. The molecule has 0 saturated carbocycles. The molecule has 10 atom stereocenters. The number of amides is 2. The Morgan fingerprint density at radius 3 is 0.753 bits per heavy atom. The molecule has 2 amide bonds. The van der Waals surface area contributed by atoms with Crippen molar-refractivity contribution in [3.8, 4) is 0 Å². The van der Waals surface area contributed by atoms with Crippen molar-refractivity contribution in [1.29, 1.82) is 0 Å². The molecule has 1 unspecified atom stereocenters. The summed E-state index contributed by atoms with van der Waals surface area (Å²) in [7, 11) is 0. The molecule has 0 spiro atoms.